The Morgan fingerprint density at radius 3 is 2.74 bits per heavy atom. The molecule has 0 radical (unpaired) electrons. The highest BCUT2D eigenvalue weighted by Crippen LogP contribution is 2.29. The van der Waals surface area contributed by atoms with Gasteiger partial charge in [-0.25, -0.2) is 9.97 Å². The first-order chi connectivity index (χ1) is 13.2. The number of piperidine rings is 1. The Morgan fingerprint density at radius 2 is 2.00 bits per heavy atom. The van der Waals surface area contributed by atoms with E-state index in [1.54, 1.807) is 12.3 Å². The molecule has 4 heterocycles. The number of aromatic amines is 1. The number of carbonyl (C=O) groups excluding carboxylic acids is 1. The van der Waals surface area contributed by atoms with E-state index in [2.05, 4.69) is 37.6 Å². The van der Waals surface area contributed by atoms with Gasteiger partial charge in [0.05, 0.1) is 0 Å². The molecule has 1 amide bonds. The summed E-state index contributed by atoms with van der Waals surface area (Å²) in [4.78, 5) is 23.2. The SMILES string of the molecule is Cc1cccc(Nc2cc(C3CCN(C(=O)c4ccn[nH]4)CC3)ccn2)n1. The van der Waals surface area contributed by atoms with E-state index < -0.39 is 0 Å². The molecule has 3 aromatic heterocycles. The molecule has 7 heteroatoms. The van der Waals surface area contributed by atoms with Crippen LogP contribution in [0.2, 0.25) is 0 Å². The molecule has 1 fully saturated rings. The van der Waals surface area contributed by atoms with Crippen molar-refractivity contribution in [3.63, 3.8) is 0 Å². The number of aryl methyl sites for hydroxylation is 1. The first kappa shape index (κ1) is 17.2. The van der Waals surface area contributed by atoms with E-state index in [-0.39, 0.29) is 5.91 Å². The Balaban J connectivity index is 1.40. The lowest BCUT2D eigenvalue weighted by molar-refractivity contribution is 0.0707. The van der Waals surface area contributed by atoms with Crippen molar-refractivity contribution in [1.82, 2.24) is 25.1 Å². The van der Waals surface area contributed by atoms with Crippen molar-refractivity contribution in [2.75, 3.05) is 18.4 Å². The average molecular weight is 362 g/mol. The van der Waals surface area contributed by atoms with Gasteiger partial charge in [-0.15, -0.1) is 0 Å². The average Bonchev–Trinajstić information content (AvgIpc) is 3.23. The largest absolute Gasteiger partial charge is 0.337 e. The second kappa shape index (κ2) is 7.57. The summed E-state index contributed by atoms with van der Waals surface area (Å²) in [5.41, 5.74) is 2.76. The number of H-pyrrole nitrogens is 1. The Labute approximate surface area is 157 Å². The van der Waals surface area contributed by atoms with Gasteiger partial charge in [-0.2, -0.15) is 5.10 Å². The third kappa shape index (κ3) is 3.97. The minimum atomic E-state index is 0.0218. The highest BCUT2D eigenvalue weighted by atomic mass is 16.2. The maximum absolute atomic E-state index is 12.4. The van der Waals surface area contributed by atoms with Gasteiger partial charge in [0.2, 0.25) is 0 Å². The number of anilines is 2. The van der Waals surface area contributed by atoms with Crippen LogP contribution >= 0.6 is 0 Å². The highest BCUT2D eigenvalue weighted by Gasteiger charge is 2.25. The summed E-state index contributed by atoms with van der Waals surface area (Å²) in [6.07, 6.45) is 5.31. The van der Waals surface area contributed by atoms with Crippen LogP contribution in [0.1, 0.15) is 40.5 Å². The summed E-state index contributed by atoms with van der Waals surface area (Å²) in [5.74, 6) is 2.03. The first-order valence-electron chi connectivity index (χ1n) is 9.14. The zero-order valence-corrected chi connectivity index (χ0v) is 15.2. The van der Waals surface area contributed by atoms with E-state index in [0.29, 0.717) is 11.6 Å². The van der Waals surface area contributed by atoms with Gasteiger partial charge in [0.25, 0.3) is 5.91 Å². The minimum absolute atomic E-state index is 0.0218. The van der Waals surface area contributed by atoms with Crippen LogP contribution in [0.4, 0.5) is 11.6 Å². The molecule has 3 aromatic rings. The highest BCUT2D eigenvalue weighted by molar-refractivity contribution is 5.92. The molecular formula is C20H22N6O. The fourth-order valence-corrected chi connectivity index (χ4v) is 3.47. The Hall–Kier alpha value is -3.22. The second-order valence-corrected chi connectivity index (χ2v) is 6.80. The van der Waals surface area contributed by atoms with Crippen LogP contribution in [0.15, 0.2) is 48.8 Å². The van der Waals surface area contributed by atoms with Crippen molar-refractivity contribution in [1.29, 1.82) is 0 Å². The smallest absolute Gasteiger partial charge is 0.271 e. The number of carbonyl (C=O) groups is 1. The van der Waals surface area contributed by atoms with E-state index in [9.17, 15) is 4.79 Å². The summed E-state index contributed by atoms with van der Waals surface area (Å²) in [6.45, 7) is 3.45. The number of likely N-dealkylation sites (tertiary alicyclic amines) is 1. The molecule has 1 aliphatic heterocycles. The lowest BCUT2D eigenvalue weighted by Gasteiger charge is -2.32. The molecule has 1 aliphatic rings. The summed E-state index contributed by atoms with van der Waals surface area (Å²) in [7, 11) is 0. The number of aromatic nitrogens is 4. The molecule has 0 spiro atoms. The summed E-state index contributed by atoms with van der Waals surface area (Å²) in [6, 6.07) is 11.7. The van der Waals surface area contributed by atoms with E-state index in [0.717, 1.165) is 43.3 Å². The number of hydrogen-bond donors (Lipinski definition) is 2. The van der Waals surface area contributed by atoms with Gasteiger partial charge in [0.1, 0.15) is 17.3 Å². The number of nitrogens with zero attached hydrogens (tertiary/aromatic N) is 4. The van der Waals surface area contributed by atoms with Crippen LogP contribution in [-0.2, 0) is 0 Å². The number of hydrogen-bond acceptors (Lipinski definition) is 5. The van der Waals surface area contributed by atoms with Crippen LogP contribution in [0, 0.1) is 6.92 Å². The molecule has 0 aromatic carbocycles. The van der Waals surface area contributed by atoms with Crippen LogP contribution in [0.3, 0.4) is 0 Å². The standard InChI is InChI=1S/C20H22N6O/c1-14-3-2-4-18(23-14)24-19-13-16(5-9-21-19)15-7-11-26(12-8-15)20(27)17-6-10-22-25-17/h2-6,9-10,13,15H,7-8,11-12H2,1H3,(H,22,25)(H,21,23,24). The maximum atomic E-state index is 12.4. The van der Waals surface area contributed by atoms with E-state index >= 15 is 0 Å². The summed E-state index contributed by atoms with van der Waals surface area (Å²) in [5, 5.41) is 9.88. The molecule has 138 valence electrons. The molecule has 0 bridgehead atoms. The number of pyridine rings is 2. The van der Waals surface area contributed by atoms with Crippen LogP contribution < -0.4 is 5.32 Å². The van der Waals surface area contributed by atoms with Crippen molar-refractivity contribution in [2.24, 2.45) is 0 Å². The zero-order valence-electron chi connectivity index (χ0n) is 15.2. The first-order valence-corrected chi connectivity index (χ1v) is 9.14. The summed E-state index contributed by atoms with van der Waals surface area (Å²) < 4.78 is 0. The molecule has 0 atom stereocenters. The lowest BCUT2D eigenvalue weighted by atomic mass is 9.90. The van der Waals surface area contributed by atoms with Gasteiger partial charge in [-0.1, -0.05) is 6.07 Å². The number of rotatable bonds is 4. The Morgan fingerprint density at radius 1 is 1.15 bits per heavy atom. The molecule has 0 saturated carbocycles. The quantitative estimate of drug-likeness (QED) is 0.744. The van der Waals surface area contributed by atoms with Crippen LogP contribution in [0.25, 0.3) is 0 Å². The van der Waals surface area contributed by atoms with Crippen molar-refractivity contribution in [2.45, 2.75) is 25.7 Å². The molecule has 1 saturated heterocycles. The third-order valence-corrected chi connectivity index (χ3v) is 4.91. The molecule has 27 heavy (non-hydrogen) atoms. The molecule has 2 N–H and O–H groups in total. The molecule has 7 nitrogen and oxygen atoms in total. The molecular weight excluding hydrogens is 340 g/mol. The van der Waals surface area contributed by atoms with Gasteiger partial charge < -0.3 is 10.2 Å². The fraction of sp³-hybridized carbons (Fsp3) is 0.300. The Kier molecular flexibility index (Phi) is 4.82. The molecule has 0 unspecified atom stereocenters. The second-order valence-electron chi connectivity index (χ2n) is 6.80. The number of amides is 1. The normalized spacial score (nSPS) is 14.9. The summed E-state index contributed by atoms with van der Waals surface area (Å²) >= 11 is 0. The van der Waals surface area contributed by atoms with Crippen molar-refractivity contribution >= 4 is 17.5 Å². The Bertz CT molecular complexity index is 916. The zero-order chi connectivity index (χ0) is 18.6. The fourth-order valence-electron chi connectivity index (χ4n) is 3.47. The monoisotopic (exact) mass is 362 g/mol. The van der Waals surface area contributed by atoms with Crippen LogP contribution in [-0.4, -0.2) is 44.1 Å². The van der Waals surface area contributed by atoms with E-state index in [1.807, 2.05) is 36.2 Å². The van der Waals surface area contributed by atoms with E-state index in [1.165, 1.54) is 5.56 Å². The molecule has 0 aliphatic carbocycles. The minimum Gasteiger partial charge on any atom is -0.337 e. The molecule has 4 rings (SSSR count). The van der Waals surface area contributed by atoms with E-state index in [4.69, 9.17) is 0 Å². The van der Waals surface area contributed by atoms with Gasteiger partial charge in [-0.3, -0.25) is 9.89 Å². The van der Waals surface area contributed by atoms with Gasteiger partial charge in [-0.05, 0) is 61.6 Å². The number of nitrogens with one attached hydrogen (secondary N) is 2. The van der Waals surface area contributed by atoms with Gasteiger partial charge >= 0.3 is 0 Å². The predicted octanol–water partition coefficient (Wildman–Crippen LogP) is 3.27. The predicted molar refractivity (Wildman–Crippen MR) is 103 cm³/mol. The van der Waals surface area contributed by atoms with Gasteiger partial charge in [0, 0.05) is 31.2 Å². The van der Waals surface area contributed by atoms with Crippen molar-refractivity contribution in [3.8, 4) is 0 Å². The van der Waals surface area contributed by atoms with Crippen LogP contribution in [0.5, 0.6) is 0 Å². The third-order valence-electron chi connectivity index (χ3n) is 4.91. The lowest BCUT2D eigenvalue weighted by Crippen LogP contribution is -2.38. The van der Waals surface area contributed by atoms with Gasteiger partial charge in [0.15, 0.2) is 0 Å². The topological polar surface area (TPSA) is 86.8 Å². The maximum Gasteiger partial charge on any atom is 0.271 e. The van der Waals surface area contributed by atoms with Crippen molar-refractivity contribution in [3.05, 3.63) is 65.7 Å². The van der Waals surface area contributed by atoms with Crippen molar-refractivity contribution < 1.29 is 4.79 Å².